The summed E-state index contributed by atoms with van der Waals surface area (Å²) in [6.45, 7) is 3.27. The van der Waals surface area contributed by atoms with Crippen LogP contribution in [-0.4, -0.2) is 17.0 Å². The summed E-state index contributed by atoms with van der Waals surface area (Å²) in [6, 6.07) is 11.3. The number of pyridine rings is 1. The van der Waals surface area contributed by atoms with E-state index in [1.807, 2.05) is 31.2 Å². The summed E-state index contributed by atoms with van der Waals surface area (Å²) in [7, 11) is 0. The van der Waals surface area contributed by atoms with Gasteiger partial charge in [-0.05, 0) is 53.4 Å². The van der Waals surface area contributed by atoms with Gasteiger partial charge in [0.2, 0.25) is 5.91 Å². The van der Waals surface area contributed by atoms with E-state index in [0.717, 1.165) is 22.9 Å². The molecule has 0 unspecified atom stereocenters. The van der Waals surface area contributed by atoms with Gasteiger partial charge in [-0.15, -0.1) is 0 Å². The molecule has 5 heteroatoms. The maximum atomic E-state index is 11.8. The summed E-state index contributed by atoms with van der Waals surface area (Å²) in [6.07, 6.45) is 6.78. The molecule has 1 aromatic carbocycles. The predicted molar refractivity (Wildman–Crippen MR) is 101 cm³/mol. The van der Waals surface area contributed by atoms with Gasteiger partial charge in [0.25, 0.3) is 5.56 Å². The van der Waals surface area contributed by atoms with E-state index >= 15 is 0 Å². The zero-order chi connectivity index (χ0) is 17.4. The summed E-state index contributed by atoms with van der Waals surface area (Å²) < 4.78 is 2.56. The van der Waals surface area contributed by atoms with Gasteiger partial charge in [-0.25, -0.2) is 0 Å². The molecule has 0 aliphatic rings. The first kappa shape index (κ1) is 18.2. The van der Waals surface area contributed by atoms with Crippen LogP contribution in [-0.2, 0) is 11.3 Å². The molecule has 2 rings (SSSR count). The first-order chi connectivity index (χ1) is 11.5. The number of nitrogens with one attached hydrogen (secondary N) is 1. The van der Waals surface area contributed by atoms with Crippen molar-refractivity contribution < 1.29 is 4.79 Å². The highest BCUT2D eigenvalue weighted by Crippen LogP contribution is 2.06. The van der Waals surface area contributed by atoms with E-state index in [2.05, 4.69) is 21.2 Å². The van der Waals surface area contributed by atoms with Gasteiger partial charge >= 0.3 is 0 Å². The van der Waals surface area contributed by atoms with E-state index in [1.165, 1.54) is 5.56 Å². The molecule has 0 saturated carbocycles. The average molecular weight is 389 g/mol. The summed E-state index contributed by atoms with van der Waals surface area (Å²) in [5.74, 6) is -0.102. The van der Waals surface area contributed by atoms with Crippen molar-refractivity contribution in [2.75, 3.05) is 6.54 Å². The van der Waals surface area contributed by atoms with Crippen molar-refractivity contribution in [1.29, 1.82) is 0 Å². The summed E-state index contributed by atoms with van der Waals surface area (Å²) in [5, 5.41) is 2.85. The number of aryl methyl sites for hydroxylation is 2. The zero-order valence-corrected chi connectivity index (χ0v) is 15.3. The first-order valence-corrected chi connectivity index (χ1v) is 8.72. The molecule has 0 bridgehead atoms. The molecule has 1 amide bonds. The Bertz CT molecular complexity index is 764. The Hall–Kier alpha value is -2.14. The standard InChI is InChI=1S/C19H21BrN2O2/c1-15-4-6-16(7-5-15)8-10-18(23)21-12-2-3-13-22-14-17(20)9-11-19(22)24/h4-11,14H,2-3,12-13H2,1H3,(H,21,23)/b10-8+. The molecule has 0 fully saturated rings. The molecule has 0 atom stereocenters. The summed E-state index contributed by atoms with van der Waals surface area (Å²) >= 11 is 3.35. The van der Waals surface area contributed by atoms with Gasteiger partial charge in [-0.2, -0.15) is 0 Å². The molecule has 0 aliphatic heterocycles. The summed E-state index contributed by atoms with van der Waals surface area (Å²) in [5.41, 5.74) is 2.19. The highest BCUT2D eigenvalue weighted by atomic mass is 79.9. The molecule has 2 aromatic rings. The molecule has 0 spiro atoms. The second kappa shape index (κ2) is 9.23. The molecule has 24 heavy (non-hydrogen) atoms. The third kappa shape index (κ3) is 6.16. The van der Waals surface area contributed by atoms with Crippen molar-refractivity contribution in [3.8, 4) is 0 Å². The van der Waals surface area contributed by atoms with E-state index < -0.39 is 0 Å². The molecule has 126 valence electrons. The predicted octanol–water partition coefficient (Wildman–Crippen LogP) is 3.53. The normalized spacial score (nSPS) is 10.9. The largest absolute Gasteiger partial charge is 0.353 e. The quantitative estimate of drug-likeness (QED) is 0.582. The van der Waals surface area contributed by atoms with Crippen molar-refractivity contribution in [2.45, 2.75) is 26.3 Å². The van der Waals surface area contributed by atoms with E-state index in [1.54, 1.807) is 35.0 Å². The molecule has 1 aromatic heterocycles. The molecule has 0 radical (unpaired) electrons. The number of rotatable bonds is 7. The fraction of sp³-hybridized carbons (Fsp3) is 0.263. The van der Waals surface area contributed by atoms with Gasteiger partial charge in [-0.1, -0.05) is 29.8 Å². The van der Waals surface area contributed by atoms with Crippen LogP contribution in [0.1, 0.15) is 24.0 Å². The Morgan fingerprint density at radius 2 is 1.92 bits per heavy atom. The molecule has 1 N–H and O–H groups in total. The van der Waals surface area contributed by atoms with Crippen LogP contribution in [0.5, 0.6) is 0 Å². The fourth-order valence-electron chi connectivity index (χ4n) is 2.20. The van der Waals surface area contributed by atoms with Gasteiger partial charge < -0.3 is 9.88 Å². The molecule has 4 nitrogen and oxygen atoms in total. The third-order valence-corrected chi connectivity index (χ3v) is 4.05. The minimum Gasteiger partial charge on any atom is -0.353 e. The fourth-order valence-corrected chi connectivity index (χ4v) is 2.58. The number of carbonyl (C=O) groups excluding carboxylic acids is 1. The van der Waals surface area contributed by atoms with Crippen molar-refractivity contribution >= 4 is 27.9 Å². The van der Waals surface area contributed by atoms with Crippen LogP contribution in [0.15, 0.2) is 57.9 Å². The van der Waals surface area contributed by atoms with E-state index in [9.17, 15) is 9.59 Å². The van der Waals surface area contributed by atoms with E-state index in [-0.39, 0.29) is 11.5 Å². The number of amides is 1. The SMILES string of the molecule is Cc1ccc(/C=C/C(=O)NCCCCn2cc(Br)ccc2=O)cc1. The third-order valence-electron chi connectivity index (χ3n) is 3.58. The number of hydrogen-bond donors (Lipinski definition) is 1. The van der Waals surface area contributed by atoms with Crippen molar-refractivity contribution in [1.82, 2.24) is 9.88 Å². The first-order valence-electron chi connectivity index (χ1n) is 7.93. The van der Waals surface area contributed by atoms with Crippen LogP contribution < -0.4 is 10.9 Å². The Morgan fingerprint density at radius 3 is 2.67 bits per heavy atom. The van der Waals surface area contributed by atoms with Gasteiger partial charge in [0.05, 0.1) is 0 Å². The smallest absolute Gasteiger partial charge is 0.250 e. The number of aromatic nitrogens is 1. The topological polar surface area (TPSA) is 51.1 Å². The molecule has 1 heterocycles. The van der Waals surface area contributed by atoms with Crippen LogP contribution in [0.4, 0.5) is 0 Å². The van der Waals surface area contributed by atoms with Crippen LogP contribution in [0.25, 0.3) is 6.08 Å². The number of halogens is 1. The number of carbonyl (C=O) groups is 1. The van der Waals surface area contributed by atoms with Crippen molar-refractivity contribution in [2.24, 2.45) is 0 Å². The molecule has 0 aliphatic carbocycles. The number of unbranched alkanes of at least 4 members (excludes halogenated alkanes) is 1. The maximum Gasteiger partial charge on any atom is 0.250 e. The highest BCUT2D eigenvalue weighted by molar-refractivity contribution is 9.10. The van der Waals surface area contributed by atoms with Crippen LogP contribution in [0.2, 0.25) is 0 Å². The van der Waals surface area contributed by atoms with Gasteiger partial charge in [0.1, 0.15) is 0 Å². The molecular weight excluding hydrogens is 368 g/mol. The number of hydrogen-bond acceptors (Lipinski definition) is 2. The monoisotopic (exact) mass is 388 g/mol. The number of nitrogens with zero attached hydrogens (tertiary/aromatic N) is 1. The number of benzene rings is 1. The zero-order valence-electron chi connectivity index (χ0n) is 13.7. The Morgan fingerprint density at radius 1 is 1.17 bits per heavy atom. The lowest BCUT2D eigenvalue weighted by Gasteiger charge is -2.06. The Kier molecular flexibility index (Phi) is 7.00. The second-order valence-corrected chi connectivity index (χ2v) is 6.54. The summed E-state index contributed by atoms with van der Waals surface area (Å²) in [4.78, 5) is 23.4. The maximum absolute atomic E-state index is 11.8. The van der Waals surface area contributed by atoms with Gasteiger partial charge in [0.15, 0.2) is 0 Å². The highest BCUT2D eigenvalue weighted by Gasteiger charge is 1.98. The van der Waals surface area contributed by atoms with Gasteiger partial charge in [-0.3, -0.25) is 9.59 Å². The van der Waals surface area contributed by atoms with E-state index in [0.29, 0.717) is 13.1 Å². The lowest BCUT2D eigenvalue weighted by Crippen LogP contribution is -2.23. The van der Waals surface area contributed by atoms with Crippen molar-refractivity contribution in [3.63, 3.8) is 0 Å². The van der Waals surface area contributed by atoms with Crippen LogP contribution >= 0.6 is 15.9 Å². The second-order valence-electron chi connectivity index (χ2n) is 5.62. The van der Waals surface area contributed by atoms with Gasteiger partial charge in [0, 0.05) is 35.9 Å². The molecule has 0 saturated heterocycles. The molecular formula is C19H21BrN2O2. The lowest BCUT2D eigenvalue weighted by atomic mass is 10.1. The van der Waals surface area contributed by atoms with E-state index in [4.69, 9.17) is 0 Å². The minimum atomic E-state index is -0.102. The average Bonchev–Trinajstić information content (AvgIpc) is 2.57. The van der Waals surface area contributed by atoms with Crippen LogP contribution in [0.3, 0.4) is 0 Å². The Balaban J connectivity index is 1.68. The lowest BCUT2D eigenvalue weighted by molar-refractivity contribution is -0.116. The van der Waals surface area contributed by atoms with Crippen LogP contribution in [0, 0.1) is 6.92 Å². The Labute approximate surface area is 150 Å². The minimum absolute atomic E-state index is 0.0109. The van der Waals surface area contributed by atoms with Crippen molar-refractivity contribution in [3.05, 3.63) is 74.6 Å².